The molecule has 4 nitrogen and oxygen atoms in total. The van der Waals surface area contributed by atoms with Crippen molar-refractivity contribution in [2.45, 2.75) is 32.3 Å². The second kappa shape index (κ2) is 8.04. The van der Waals surface area contributed by atoms with E-state index in [0.29, 0.717) is 29.1 Å². The number of anilines is 1. The van der Waals surface area contributed by atoms with Gasteiger partial charge in [0.15, 0.2) is 0 Å². The summed E-state index contributed by atoms with van der Waals surface area (Å²) in [6.07, 6.45) is 0.919. The summed E-state index contributed by atoms with van der Waals surface area (Å²) in [7, 11) is 1.50. The van der Waals surface area contributed by atoms with Crippen molar-refractivity contribution in [2.75, 3.05) is 19.0 Å². The number of carbonyl (C=O) groups is 1. The van der Waals surface area contributed by atoms with Crippen LogP contribution in [0.5, 0.6) is 0 Å². The van der Waals surface area contributed by atoms with E-state index in [2.05, 4.69) is 17.2 Å². The summed E-state index contributed by atoms with van der Waals surface area (Å²) in [5.74, 6) is 5.49. The standard InChI is InChI=1S/C16H20ClNO3/c1-4-16(2,21-3)15(20)18-14-11-13(17)9-8-12(14)7-5-6-10-19/h8-9,11,19H,4,6,10H2,1-3H3,(H,18,20). The van der Waals surface area contributed by atoms with Gasteiger partial charge in [0.25, 0.3) is 5.91 Å². The summed E-state index contributed by atoms with van der Waals surface area (Å²) < 4.78 is 5.28. The maximum absolute atomic E-state index is 12.3. The van der Waals surface area contributed by atoms with E-state index in [1.54, 1.807) is 25.1 Å². The van der Waals surface area contributed by atoms with Crippen LogP contribution < -0.4 is 5.32 Å². The number of benzene rings is 1. The van der Waals surface area contributed by atoms with Crippen molar-refractivity contribution in [3.63, 3.8) is 0 Å². The number of halogens is 1. The van der Waals surface area contributed by atoms with E-state index < -0.39 is 5.60 Å². The Morgan fingerprint density at radius 3 is 2.81 bits per heavy atom. The second-order valence-electron chi connectivity index (χ2n) is 4.71. The van der Waals surface area contributed by atoms with Crippen LogP contribution in [0.1, 0.15) is 32.3 Å². The minimum atomic E-state index is -0.905. The summed E-state index contributed by atoms with van der Waals surface area (Å²) in [6, 6.07) is 5.09. The first-order valence-corrected chi connectivity index (χ1v) is 7.10. The molecule has 1 aromatic carbocycles. The van der Waals surface area contributed by atoms with Gasteiger partial charge in [-0.2, -0.15) is 0 Å². The van der Waals surface area contributed by atoms with Gasteiger partial charge in [0.05, 0.1) is 12.3 Å². The van der Waals surface area contributed by atoms with Crippen molar-refractivity contribution >= 4 is 23.2 Å². The van der Waals surface area contributed by atoms with Gasteiger partial charge in [-0.25, -0.2) is 0 Å². The molecule has 0 spiro atoms. The van der Waals surface area contributed by atoms with Gasteiger partial charge >= 0.3 is 0 Å². The largest absolute Gasteiger partial charge is 0.395 e. The molecule has 1 rings (SSSR count). The Kier molecular flexibility index (Phi) is 6.70. The first-order chi connectivity index (χ1) is 9.96. The lowest BCUT2D eigenvalue weighted by molar-refractivity contribution is -0.136. The Labute approximate surface area is 130 Å². The fourth-order valence-electron chi connectivity index (χ4n) is 1.59. The third-order valence-corrected chi connectivity index (χ3v) is 3.53. The summed E-state index contributed by atoms with van der Waals surface area (Å²) in [4.78, 5) is 12.3. The van der Waals surface area contributed by atoms with E-state index in [1.807, 2.05) is 6.92 Å². The molecule has 0 bridgehead atoms. The molecule has 5 heteroatoms. The molecule has 2 N–H and O–H groups in total. The molecule has 21 heavy (non-hydrogen) atoms. The third-order valence-electron chi connectivity index (χ3n) is 3.30. The van der Waals surface area contributed by atoms with Crippen LogP contribution in [-0.2, 0) is 9.53 Å². The molecular weight excluding hydrogens is 290 g/mol. The Morgan fingerprint density at radius 2 is 2.24 bits per heavy atom. The van der Waals surface area contributed by atoms with E-state index in [1.165, 1.54) is 7.11 Å². The first kappa shape index (κ1) is 17.5. The third kappa shape index (κ3) is 4.75. The van der Waals surface area contributed by atoms with E-state index in [0.717, 1.165) is 0 Å². The Morgan fingerprint density at radius 1 is 1.52 bits per heavy atom. The van der Waals surface area contributed by atoms with Crippen LogP contribution in [0, 0.1) is 11.8 Å². The molecule has 1 amide bonds. The average Bonchev–Trinajstić information content (AvgIpc) is 2.48. The highest BCUT2D eigenvalue weighted by Gasteiger charge is 2.31. The minimum absolute atomic E-state index is 0.000136. The van der Waals surface area contributed by atoms with Crippen molar-refractivity contribution < 1.29 is 14.6 Å². The monoisotopic (exact) mass is 309 g/mol. The lowest BCUT2D eigenvalue weighted by Crippen LogP contribution is -2.41. The van der Waals surface area contributed by atoms with Crippen LogP contribution in [0.25, 0.3) is 0 Å². The summed E-state index contributed by atoms with van der Waals surface area (Å²) in [6.45, 7) is 3.60. The number of rotatable bonds is 5. The van der Waals surface area contributed by atoms with E-state index >= 15 is 0 Å². The molecule has 0 aromatic heterocycles. The van der Waals surface area contributed by atoms with Gasteiger partial charge in [0.1, 0.15) is 5.60 Å². The van der Waals surface area contributed by atoms with Gasteiger partial charge in [-0.3, -0.25) is 4.79 Å². The maximum atomic E-state index is 12.3. The zero-order valence-electron chi connectivity index (χ0n) is 12.5. The van der Waals surface area contributed by atoms with Crippen molar-refractivity contribution in [1.29, 1.82) is 0 Å². The van der Waals surface area contributed by atoms with Gasteiger partial charge in [-0.05, 0) is 31.5 Å². The van der Waals surface area contributed by atoms with Gasteiger partial charge in [-0.15, -0.1) is 0 Å². The molecule has 1 aromatic rings. The maximum Gasteiger partial charge on any atom is 0.256 e. The van der Waals surface area contributed by atoms with Crippen LogP contribution in [0.15, 0.2) is 18.2 Å². The molecular formula is C16H20ClNO3. The molecule has 0 heterocycles. The topological polar surface area (TPSA) is 58.6 Å². The van der Waals surface area contributed by atoms with Gasteiger partial charge in [0.2, 0.25) is 0 Å². The molecule has 1 unspecified atom stereocenters. The predicted octanol–water partition coefficient (Wildman–Crippen LogP) is 2.83. The number of nitrogens with one attached hydrogen (secondary N) is 1. The molecule has 0 fully saturated rings. The van der Waals surface area contributed by atoms with Gasteiger partial charge in [0, 0.05) is 24.1 Å². The number of amides is 1. The van der Waals surface area contributed by atoms with E-state index in [4.69, 9.17) is 21.4 Å². The molecule has 0 aliphatic carbocycles. The SMILES string of the molecule is CCC(C)(OC)C(=O)Nc1cc(Cl)ccc1C#CCCO. The molecule has 114 valence electrons. The number of ether oxygens (including phenoxy) is 1. The van der Waals surface area contributed by atoms with Crippen LogP contribution >= 0.6 is 11.6 Å². The summed E-state index contributed by atoms with van der Waals surface area (Å²) in [5, 5.41) is 12.1. The van der Waals surface area contributed by atoms with Crippen molar-refractivity contribution in [3.05, 3.63) is 28.8 Å². The van der Waals surface area contributed by atoms with Crippen molar-refractivity contribution in [1.82, 2.24) is 0 Å². The molecule has 0 saturated heterocycles. The van der Waals surface area contributed by atoms with Crippen molar-refractivity contribution in [2.24, 2.45) is 0 Å². The highest BCUT2D eigenvalue weighted by Crippen LogP contribution is 2.23. The first-order valence-electron chi connectivity index (χ1n) is 6.72. The van der Waals surface area contributed by atoms with E-state index in [-0.39, 0.29) is 12.5 Å². The zero-order valence-corrected chi connectivity index (χ0v) is 13.3. The fourth-order valence-corrected chi connectivity index (χ4v) is 1.77. The van der Waals surface area contributed by atoms with Crippen LogP contribution in [0.4, 0.5) is 5.69 Å². The molecule has 0 aliphatic rings. The summed E-state index contributed by atoms with van der Waals surface area (Å²) in [5.41, 5.74) is 0.281. The quantitative estimate of drug-likeness (QED) is 0.822. The van der Waals surface area contributed by atoms with E-state index in [9.17, 15) is 4.79 Å². The zero-order chi connectivity index (χ0) is 15.9. The number of methoxy groups -OCH3 is 1. The average molecular weight is 310 g/mol. The highest BCUT2D eigenvalue weighted by molar-refractivity contribution is 6.31. The molecule has 0 saturated carbocycles. The number of hydrogen-bond donors (Lipinski definition) is 2. The predicted molar refractivity (Wildman–Crippen MR) is 84.4 cm³/mol. The minimum Gasteiger partial charge on any atom is -0.395 e. The second-order valence-corrected chi connectivity index (χ2v) is 5.14. The van der Waals surface area contributed by atoms with Crippen LogP contribution in [0.2, 0.25) is 5.02 Å². The van der Waals surface area contributed by atoms with Crippen LogP contribution in [0.3, 0.4) is 0 Å². The smallest absolute Gasteiger partial charge is 0.256 e. The lowest BCUT2D eigenvalue weighted by Gasteiger charge is -2.25. The summed E-state index contributed by atoms with van der Waals surface area (Å²) >= 11 is 5.97. The Bertz CT molecular complexity index is 556. The fraction of sp³-hybridized carbons (Fsp3) is 0.438. The number of hydrogen-bond acceptors (Lipinski definition) is 3. The number of aliphatic hydroxyl groups excluding tert-OH is 1. The molecule has 0 aliphatic heterocycles. The Balaban J connectivity index is 3.04. The van der Waals surface area contributed by atoms with Gasteiger partial charge < -0.3 is 15.2 Å². The number of carbonyl (C=O) groups excluding carboxylic acids is 1. The lowest BCUT2D eigenvalue weighted by atomic mass is 10.0. The number of aliphatic hydroxyl groups is 1. The molecule has 0 radical (unpaired) electrons. The highest BCUT2D eigenvalue weighted by atomic mass is 35.5. The van der Waals surface area contributed by atoms with Crippen LogP contribution in [-0.4, -0.2) is 30.3 Å². The Hall–Kier alpha value is -1.54. The van der Waals surface area contributed by atoms with Gasteiger partial charge in [-0.1, -0.05) is 30.4 Å². The van der Waals surface area contributed by atoms with Crippen molar-refractivity contribution in [3.8, 4) is 11.8 Å². The normalized spacial score (nSPS) is 13.0. The molecule has 1 atom stereocenters.